The van der Waals surface area contributed by atoms with Crippen LogP contribution in [0, 0.1) is 0 Å². The van der Waals surface area contributed by atoms with E-state index in [1.165, 1.54) is 11.3 Å². The summed E-state index contributed by atoms with van der Waals surface area (Å²) < 4.78 is 11.0. The maximum atomic E-state index is 6.00. The second-order valence-electron chi connectivity index (χ2n) is 5.73. The molecule has 0 fully saturated rings. The first-order valence-electron chi connectivity index (χ1n) is 8.48. The Bertz CT molecular complexity index is 1080. The molecule has 2 aromatic carbocycles. The van der Waals surface area contributed by atoms with Crippen molar-refractivity contribution in [1.29, 1.82) is 0 Å². The quantitative estimate of drug-likeness (QED) is 0.446. The molecule has 28 heavy (non-hydrogen) atoms. The van der Waals surface area contributed by atoms with Crippen molar-refractivity contribution < 1.29 is 9.15 Å². The zero-order chi connectivity index (χ0) is 19.5. The van der Waals surface area contributed by atoms with Crippen LogP contribution < -0.4 is 15.8 Å². The number of hydrogen-bond acceptors (Lipinski definition) is 8. The van der Waals surface area contributed by atoms with Crippen molar-refractivity contribution in [3.63, 3.8) is 0 Å². The summed E-state index contributed by atoms with van der Waals surface area (Å²) in [4.78, 5) is 4.46. The minimum absolute atomic E-state index is 0.189. The molecular weight excluding hydrogens is 398 g/mol. The Morgan fingerprint density at radius 3 is 2.57 bits per heavy atom. The molecule has 0 saturated carbocycles. The molecule has 0 saturated heterocycles. The number of nitrogens with one attached hydrogen (secondary N) is 1. The van der Waals surface area contributed by atoms with Crippen molar-refractivity contribution in [3.05, 3.63) is 53.6 Å². The maximum absolute atomic E-state index is 6.00. The van der Waals surface area contributed by atoms with E-state index < -0.39 is 0 Å². The number of benzene rings is 2. The normalized spacial score (nSPS) is 10.8. The van der Waals surface area contributed by atoms with Crippen molar-refractivity contribution in [1.82, 2.24) is 15.2 Å². The highest BCUT2D eigenvalue weighted by Gasteiger charge is 2.18. The number of nitrogens with zero attached hydrogens (tertiary/aromatic N) is 3. The van der Waals surface area contributed by atoms with Gasteiger partial charge in [-0.2, -0.15) is 0 Å². The summed E-state index contributed by atoms with van der Waals surface area (Å²) in [6.45, 7) is 2.58. The van der Waals surface area contributed by atoms with E-state index in [4.69, 9.17) is 26.5 Å². The Kier molecular flexibility index (Phi) is 5.14. The Morgan fingerprint density at radius 2 is 1.86 bits per heavy atom. The van der Waals surface area contributed by atoms with E-state index in [0.717, 1.165) is 17.0 Å². The van der Waals surface area contributed by atoms with E-state index >= 15 is 0 Å². The van der Waals surface area contributed by atoms with Crippen LogP contribution in [0.25, 0.3) is 22.2 Å². The number of nitrogens with two attached hydrogens (primary N) is 1. The predicted molar refractivity (Wildman–Crippen MR) is 111 cm³/mol. The lowest BCUT2D eigenvalue weighted by atomic mass is 10.2. The number of hydrogen-bond donors (Lipinski definition) is 2. The van der Waals surface area contributed by atoms with Crippen molar-refractivity contribution >= 4 is 39.6 Å². The van der Waals surface area contributed by atoms with E-state index in [-0.39, 0.29) is 5.88 Å². The van der Waals surface area contributed by atoms with Gasteiger partial charge in [-0.15, -0.1) is 10.2 Å². The van der Waals surface area contributed by atoms with Crippen molar-refractivity contribution in [2.24, 2.45) is 0 Å². The maximum Gasteiger partial charge on any atom is 0.229 e. The van der Waals surface area contributed by atoms with Crippen LogP contribution in [-0.2, 0) is 0 Å². The van der Waals surface area contributed by atoms with E-state index in [2.05, 4.69) is 20.5 Å². The van der Waals surface area contributed by atoms with Crippen LogP contribution in [0.1, 0.15) is 6.92 Å². The summed E-state index contributed by atoms with van der Waals surface area (Å²) in [5.74, 6) is 1.41. The number of rotatable bonds is 6. The first-order chi connectivity index (χ1) is 13.6. The van der Waals surface area contributed by atoms with Gasteiger partial charge in [-0.25, -0.2) is 4.98 Å². The fourth-order valence-electron chi connectivity index (χ4n) is 2.50. The van der Waals surface area contributed by atoms with Crippen LogP contribution in [0.15, 0.2) is 52.9 Å². The third kappa shape index (κ3) is 3.92. The average Bonchev–Trinajstić information content (AvgIpc) is 3.30. The average molecular weight is 414 g/mol. The van der Waals surface area contributed by atoms with Gasteiger partial charge < -0.3 is 20.2 Å². The molecule has 2 heterocycles. The van der Waals surface area contributed by atoms with Gasteiger partial charge in [0.05, 0.1) is 6.61 Å². The summed E-state index contributed by atoms with van der Waals surface area (Å²) in [6, 6.07) is 14.8. The van der Waals surface area contributed by atoms with Gasteiger partial charge in [0.1, 0.15) is 5.75 Å². The van der Waals surface area contributed by atoms with Gasteiger partial charge in [0.15, 0.2) is 10.7 Å². The van der Waals surface area contributed by atoms with Crippen molar-refractivity contribution in [2.45, 2.75) is 6.92 Å². The first kappa shape index (κ1) is 18.3. The predicted octanol–water partition coefficient (Wildman–Crippen LogP) is 5.24. The monoisotopic (exact) mass is 413 g/mol. The topological polar surface area (TPSA) is 99.1 Å². The molecular formula is C19H16ClN5O2S. The first-order valence-corrected chi connectivity index (χ1v) is 9.68. The zero-order valence-electron chi connectivity index (χ0n) is 14.8. The molecule has 0 radical (unpaired) electrons. The van der Waals surface area contributed by atoms with Gasteiger partial charge in [0, 0.05) is 16.3 Å². The van der Waals surface area contributed by atoms with Crippen LogP contribution in [0.3, 0.4) is 0 Å². The summed E-state index contributed by atoms with van der Waals surface area (Å²) in [5, 5.41) is 13.3. The fourth-order valence-corrected chi connectivity index (χ4v) is 3.38. The van der Waals surface area contributed by atoms with Crippen LogP contribution in [0.4, 0.5) is 16.7 Å². The Balaban J connectivity index is 1.53. The summed E-state index contributed by atoms with van der Waals surface area (Å²) >= 11 is 7.25. The third-order valence-corrected chi connectivity index (χ3v) is 4.89. The van der Waals surface area contributed by atoms with E-state index in [9.17, 15) is 0 Å². The van der Waals surface area contributed by atoms with E-state index in [0.29, 0.717) is 33.4 Å². The highest BCUT2D eigenvalue weighted by molar-refractivity contribution is 7.18. The number of ether oxygens (including phenoxy) is 1. The van der Waals surface area contributed by atoms with Crippen molar-refractivity contribution in [3.8, 4) is 27.9 Å². The SMILES string of the molecule is CCOc1ccc(Nc2nnc(-c3nc(-c4ccc(Cl)cc4)oc3N)s2)cc1. The molecule has 7 nitrogen and oxygen atoms in total. The molecule has 142 valence electrons. The molecule has 0 aliphatic carbocycles. The molecule has 0 unspecified atom stereocenters. The van der Waals surface area contributed by atoms with Crippen LogP contribution in [-0.4, -0.2) is 21.8 Å². The Morgan fingerprint density at radius 1 is 1.11 bits per heavy atom. The smallest absolute Gasteiger partial charge is 0.229 e. The standard InChI is InChI=1S/C19H16ClN5O2S/c1-2-26-14-9-7-13(8-10-14)22-19-25-24-18(28-19)15-16(21)27-17(23-15)11-3-5-12(20)6-4-11/h3-10H,2,21H2,1H3,(H,22,25). The van der Waals surface area contributed by atoms with Crippen LogP contribution in [0.5, 0.6) is 5.75 Å². The molecule has 0 aliphatic heterocycles. The van der Waals surface area contributed by atoms with Gasteiger partial charge in [-0.1, -0.05) is 22.9 Å². The summed E-state index contributed by atoms with van der Waals surface area (Å²) in [5.41, 5.74) is 8.11. The van der Waals surface area contributed by atoms with Crippen LogP contribution in [0.2, 0.25) is 5.02 Å². The lowest BCUT2D eigenvalue weighted by molar-refractivity contribution is 0.340. The largest absolute Gasteiger partial charge is 0.494 e. The van der Waals surface area contributed by atoms with Crippen LogP contribution >= 0.6 is 22.9 Å². The molecule has 2 aromatic heterocycles. The molecule has 9 heteroatoms. The summed E-state index contributed by atoms with van der Waals surface area (Å²) in [6.07, 6.45) is 0. The molecule has 4 aromatic rings. The van der Waals surface area contributed by atoms with Gasteiger partial charge in [0.2, 0.25) is 16.9 Å². The van der Waals surface area contributed by atoms with E-state index in [1.807, 2.05) is 43.3 Å². The molecule has 0 atom stereocenters. The molecule has 3 N–H and O–H groups in total. The lowest BCUT2D eigenvalue weighted by Crippen LogP contribution is -1.92. The van der Waals surface area contributed by atoms with Gasteiger partial charge in [-0.3, -0.25) is 0 Å². The third-order valence-electron chi connectivity index (χ3n) is 3.79. The van der Waals surface area contributed by atoms with Gasteiger partial charge in [0.25, 0.3) is 0 Å². The molecule has 4 rings (SSSR count). The second-order valence-corrected chi connectivity index (χ2v) is 7.15. The second kappa shape index (κ2) is 7.87. The van der Waals surface area contributed by atoms with Crippen molar-refractivity contribution in [2.75, 3.05) is 17.7 Å². The number of anilines is 3. The Labute approximate surface area is 170 Å². The molecule has 0 aliphatic rings. The highest BCUT2D eigenvalue weighted by Crippen LogP contribution is 2.34. The zero-order valence-corrected chi connectivity index (χ0v) is 16.4. The van der Waals surface area contributed by atoms with Gasteiger partial charge >= 0.3 is 0 Å². The number of aromatic nitrogens is 3. The minimum atomic E-state index is 0.189. The number of halogens is 1. The lowest BCUT2D eigenvalue weighted by Gasteiger charge is -2.04. The number of nitrogen functional groups attached to an aromatic ring is 1. The molecule has 0 spiro atoms. The fraction of sp³-hybridized carbons (Fsp3) is 0.105. The molecule has 0 amide bonds. The summed E-state index contributed by atoms with van der Waals surface area (Å²) in [7, 11) is 0. The highest BCUT2D eigenvalue weighted by atomic mass is 35.5. The molecule has 0 bridgehead atoms. The minimum Gasteiger partial charge on any atom is -0.494 e. The number of oxazole rings is 1. The Hall–Kier alpha value is -3.10. The van der Waals surface area contributed by atoms with Gasteiger partial charge in [-0.05, 0) is 55.5 Å². The van der Waals surface area contributed by atoms with E-state index in [1.54, 1.807) is 12.1 Å².